The van der Waals surface area contributed by atoms with Crippen molar-refractivity contribution in [2.45, 2.75) is 17.3 Å². The van der Waals surface area contributed by atoms with E-state index in [1.54, 1.807) is 0 Å². The van der Waals surface area contributed by atoms with Crippen molar-refractivity contribution in [2.24, 2.45) is 0 Å². The molecular weight excluding hydrogens is 421 g/mol. The van der Waals surface area contributed by atoms with Gasteiger partial charge < -0.3 is 0 Å². The predicted molar refractivity (Wildman–Crippen MR) is 117 cm³/mol. The monoisotopic (exact) mass is 450 g/mol. The maximum atomic E-state index is 2.44. The second kappa shape index (κ2) is 11.2. The summed E-state index contributed by atoms with van der Waals surface area (Å²) in [7, 11) is 0. The minimum atomic E-state index is -1.62. The molecule has 0 aromatic heterocycles. The fourth-order valence-electron chi connectivity index (χ4n) is 2.34. The molecule has 126 valence electrons. The third-order valence-electron chi connectivity index (χ3n) is 3.41. The van der Waals surface area contributed by atoms with Gasteiger partial charge in [0.25, 0.3) is 0 Å². The van der Waals surface area contributed by atoms with Crippen LogP contribution in [0.1, 0.15) is 5.56 Å². The molecule has 0 saturated heterocycles. The SMILES string of the molecule is C(=[CH]/[Ge]([c]1ccccc1)[c]1ccccc1)/c1ccccc1.[CH3][Ge]([CH3])[CH3]. The Morgan fingerprint density at radius 3 is 1.32 bits per heavy atom. The predicted octanol–water partition coefficient (Wildman–Crippen LogP) is 4.92. The second-order valence-corrected chi connectivity index (χ2v) is 17.5. The topological polar surface area (TPSA) is 0 Å². The molecule has 0 aliphatic carbocycles. The molecule has 0 bridgehead atoms. The van der Waals surface area contributed by atoms with Crippen LogP contribution >= 0.6 is 0 Å². The summed E-state index contributed by atoms with van der Waals surface area (Å²) in [4.78, 5) is 2.44. The Morgan fingerprint density at radius 2 is 0.920 bits per heavy atom. The average Bonchev–Trinajstić information content (AvgIpc) is 2.64. The van der Waals surface area contributed by atoms with E-state index in [-0.39, 0.29) is 14.3 Å². The third-order valence-corrected chi connectivity index (χ3v) is 8.47. The van der Waals surface area contributed by atoms with Gasteiger partial charge in [-0.05, 0) is 0 Å². The zero-order valence-electron chi connectivity index (χ0n) is 15.3. The van der Waals surface area contributed by atoms with Crippen molar-refractivity contribution in [2.75, 3.05) is 0 Å². The normalized spacial score (nSPS) is 10.8. The molecular formula is C23H26Ge2. The van der Waals surface area contributed by atoms with Crippen LogP contribution in [0.25, 0.3) is 6.08 Å². The Hall–Kier alpha value is -1.51. The molecule has 0 amide bonds. The van der Waals surface area contributed by atoms with E-state index in [1.165, 1.54) is 14.4 Å². The van der Waals surface area contributed by atoms with E-state index in [0.717, 1.165) is 0 Å². The van der Waals surface area contributed by atoms with Crippen molar-refractivity contribution < 1.29 is 0 Å². The number of rotatable bonds is 4. The molecule has 25 heavy (non-hydrogen) atoms. The summed E-state index contributed by atoms with van der Waals surface area (Å²) in [5, 5.41) is 0. The van der Waals surface area contributed by atoms with E-state index < -0.39 is 14.3 Å². The van der Waals surface area contributed by atoms with Crippen molar-refractivity contribution in [3.8, 4) is 0 Å². The molecule has 0 atom stereocenters. The zero-order valence-corrected chi connectivity index (χ0v) is 19.5. The maximum absolute atomic E-state index is 2.44. The summed E-state index contributed by atoms with van der Waals surface area (Å²) < 4.78 is 2.96. The van der Waals surface area contributed by atoms with Gasteiger partial charge in [0.15, 0.2) is 0 Å². The van der Waals surface area contributed by atoms with E-state index in [9.17, 15) is 0 Å². The van der Waals surface area contributed by atoms with Gasteiger partial charge >= 0.3 is 162 Å². The molecule has 3 aromatic carbocycles. The van der Waals surface area contributed by atoms with Gasteiger partial charge in [0.05, 0.1) is 0 Å². The van der Waals surface area contributed by atoms with E-state index >= 15 is 0 Å². The van der Waals surface area contributed by atoms with Crippen molar-refractivity contribution in [3.05, 3.63) is 101 Å². The van der Waals surface area contributed by atoms with Crippen molar-refractivity contribution in [1.82, 2.24) is 0 Å². The first kappa shape index (κ1) is 19.8. The van der Waals surface area contributed by atoms with Gasteiger partial charge in [0.2, 0.25) is 0 Å². The van der Waals surface area contributed by atoms with E-state index in [1.807, 2.05) is 0 Å². The Balaban J connectivity index is 0.000000511. The number of benzene rings is 3. The molecule has 0 spiro atoms. The Labute approximate surface area is 161 Å². The molecule has 3 aromatic rings. The van der Waals surface area contributed by atoms with Crippen LogP contribution in [-0.4, -0.2) is 28.7 Å². The van der Waals surface area contributed by atoms with E-state index in [0.29, 0.717) is 0 Å². The average molecular weight is 448 g/mol. The minimum absolute atomic E-state index is 0.333. The molecule has 0 unspecified atom stereocenters. The molecule has 0 saturated carbocycles. The third kappa shape index (κ3) is 7.49. The van der Waals surface area contributed by atoms with Crippen LogP contribution in [0.15, 0.2) is 95.9 Å². The first-order valence-electron chi connectivity index (χ1n) is 8.64. The van der Waals surface area contributed by atoms with Crippen LogP contribution in [0.2, 0.25) is 17.3 Å². The first-order valence-corrected chi connectivity index (χ1v) is 18.2. The second-order valence-electron chi connectivity index (χ2n) is 6.39. The fraction of sp³-hybridized carbons (Fsp3) is 0.130. The summed E-state index contributed by atoms with van der Waals surface area (Å²) in [5.74, 6) is 7.00. The number of hydrogen-bond acceptors (Lipinski definition) is 0. The molecule has 0 aliphatic heterocycles. The van der Waals surface area contributed by atoms with Crippen LogP contribution in [0.3, 0.4) is 0 Å². The van der Waals surface area contributed by atoms with Gasteiger partial charge in [-0.25, -0.2) is 0 Å². The van der Waals surface area contributed by atoms with Crippen molar-refractivity contribution in [1.29, 1.82) is 0 Å². The van der Waals surface area contributed by atoms with Gasteiger partial charge in [-0.3, -0.25) is 0 Å². The molecule has 2 heteroatoms. The molecule has 0 heterocycles. The summed E-state index contributed by atoms with van der Waals surface area (Å²) in [6.45, 7) is 0. The van der Waals surface area contributed by atoms with Crippen LogP contribution in [0.5, 0.6) is 0 Å². The fourth-order valence-corrected chi connectivity index (χ4v) is 6.91. The molecule has 0 N–H and O–H groups in total. The molecule has 0 nitrogen and oxygen atoms in total. The first-order chi connectivity index (χ1) is 12.2. The van der Waals surface area contributed by atoms with Crippen LogP contribution < -0.4 is 8.79 Å². The standard InChI is InChI=1S/C20H17Ge.C3H9Ge/c1-4-10-18(11-5-1)16-17-21(19-12-6-2-7-13-19)20-14-8-3-9-15-20;1-4(2)3/h1-17H;1-3H3/b17-16-;. The molecule has 3 rings (SSSR count). The van der Waals surface area contributed by atoms with Crippen molar-refractivity contribution >= 4 is 43.6 Å². The van der Waals surface area contributed by atoms with Crippen LogP contribution in [0, 0.1) is 0 Å². The van der Waals surface area contributed by atoms with E-state index in [2.05, 4.69) is 119 Å². The van der Waals surface area contributed by atoms with Gasteiger partial charge in [0.1, 0.15) is 0 Å². The number of hydrogen-bond donors (Lipinski definition) is 0. The summed E-state index contributed by atoms with van der Waals surface area (Å²) in [5.41, 5.74) is 1.27. The quantitative estimate of drug-likeness (QED) is 0.498. The van der Waals surface area contributed by atoms with Gasteiger partial charge in [-0.15, -0.1) is 0 Å². The molecule has 0 aliphatic rings. The zero-order chi connectivity index (χ0) is 17.9. The Kier molecular flexibility index (Phi) is 8.85. The van der Waals surface area contributed by atoms with Gasteiger partial charge in [-0.2, -0.15) is 0 Å². The summed E-state index contributed by atoms with van der Waals surface area (Å²) in [6.07, 6.45) is 2.27. The summed E-state index contributed by atoms with van der Waals surface area (Å²) in [6, 6.07) is 32.3. The van der Waals surface area contributed by atoms with Crippen LogP contribution in [-0.2, 0) is 0 Å². The molecule has 0 fully saturated rings. The molecule has 2 radical (unpaired) electrons. The van der Waals surface area contributed by atoms with Gasteiger partial charge in [0, 0.05) is 0 Å². The van der Waals surface area contributed by atoms with Crippen LogP contribution in [0.4, 0.5) is 0 Å². The Morgan fingerprint density at radius 1 is 0.560 bits per heavy atom. The van der Waals surface area contributed by atoms with Crippen molar-refractivity contribution in [3.63, 3.8) is 0 Å². The van der Waals surface area contributed by atoms with Gasteiger partial charge in [-0.1, -0.05) is 0 Å². The van der Waals surface area contributed by atoms with E-state index in [4.69, 9.17) is 0 Å². The Bertz CT molecular complexity index is 693. The summed E-state index contributed by atoms with van der Waals surface area (Å²) >= 11 is -1.95.